The van der Waals surface area contributed by atoms with Gasteiger partial charge in [-0.2, -0.15) is 0 Å². The molecule has 2 aliphatic rings. The second kappa shape index (κ2) is 9.66. The number of nitrogens with one attached hydrogen (secondary N) is 1. The second-order valence-corrected chi connectivity index (χ2v) is 7.21. The van der Waals surface area contributed by atoms with Crippen LogP contribution in [0.3, 0.4) is 0 Å². The van der Waals surface area contributed by atoms with Gasteiger partial charge in [-0.05, 0) is 69.7 Å². The highest BCUT2D eigenvalue weighted by atomic mass is 16.7. The van der Waals surface area contributed by atoms with Crippen molar-refractivity contribution in [3.05, 3.63) is 22.3 Å². The van der Waals surface area contributed by atoms with Crippen molar-refractivity contribution < 1.29 is 24.3 Å². The molecule has 2 aliphatic heterocycles. The highest BCUT2D eigenvalue weighted by molar-refractivity contribution is 5.98. The van der Waals surface area contributed by atoms with Crippen LogP contribution < -0.4 is 15.9 Å². The number of aldehydes is 2. The van der Waals surface area contributed by atoms with Crippen LogP contribution in [0, 0.1) is 20.8 Å². The van der Waals surface area contributed by atoms with Crippen molar-refractivity contribution in [2.45, 2.75) is 58.5 Å². The fourth-order valence-corrected chi connectivity index (χ4v) is 3.44. The number of nitrogens with zero attached hydrogens (tertiary/aromatic N) is 1. The van der Waals surface area contributed by atoms with E-state index in [0.29, 0.717) is 13.0 Å². The summed E-state index contributed by atoms with van der Waals surface area (Å²) in [7, 11) is 0. The predicted molar refractivity (Wildman–Crippen MR) is 106 cm³/mol. The van der Waals surface area contributed by atoms with Gasteiger partial charge in [-0.25, -0.2) is 4.79 Å². The minimum Gasteiger partial charge on any atom is -0.477 e. The number of rotatable bonds is 5. The van der Waals surface area contributed by atoms with Gasteiger partial charge < -0.3 is 30.6 Å². The molecule has 2 heterocycles. The maximum absolute atomic E-state index is 11.5. The van der Waals surface area contributed by atoms with E-state index in [1.54, 1.807) is 13.8 Å². The lowest BCUT2D eigenvalue weighted by atomic mass is 9.96. The third kappa shape index (κ3) is 4.69. The molecule has 3 rings (SSSR count). The number of hydroxylamine groups is 2. The number of aromatic carboxylic acids is 1. The Kier molecular flexibility index (Phi) is 7.53. The number of anilines is 1. The molecule has 0 amide bonds. The third-order valence-corrected chi connectivity index (χ3v) is 5.46. The average Bonchev–Trinajstić information content (AvgIpc) is 3.36. The standard InChI is InChI=1S/C15H20N2O4.C5H9NO/c1-8-9(2)13(16)12(15(19)20)14(10(8)3)21-17-6-4-5-11(17)7-18;7-4-5-2-1-3-6-5/h7,11H,4-6,16H2,1-3H3,(H,19,20);4-6H,1-3H2. The molecule has 2 unspecified atom stereocenters. The first-order valence-electron chi connectivity index (χ1n) is 9.52. The summed E-state index contributed by atoms with van der Waals surface area (Å²) >= 11 is 0. The molecule has 2 atom stereocenters. The summed E-state index contributed by atoms with van der Waals surface area (Å²) in [5, 5.41) is 14.0. The largest absolute Gasteiger partial charge is 0.477 e. The van der Waals surface area contributed by atoms with Gasteiger partial charge in [0.15, 0.2) is 5.75 Å². The fourth-order valence-electron chi connectivity index (χ4n) is 3.44. The zero-order valence-electron chi connectivity index (χ0n) is 16.7. The van der Waals surface area contributed by atoms with Crippen molar-refractivity contribution in [1.82, 2.24) is 10.4 Å². The maximum Gasteiger partial charge on any atom is 0.341 e. The molecule has 8 heteroatoms. The van der Waals surface area contributed by atoms with Crippen LogP contribution in [0.1, 0.15) is 52.7 Å². The van der Waals surface area contributed by atoms with Crippen LogP contribution in [0.15, 0.2) is 0 Å². The lowest BCUT2D eigenvalue weighted by Crippen LogP contribution is -2.34. The Labute approximate surface area is 165 Å². The van der Waals surface area contributed by atoms with Gasteiger partial charge in [0.25, 0.3) is 0 Å². The van der Waals surface area contributed by atoms with E-state index in [4.69, 9.17) is 10.6 Å². The Morgan fingerprint density at radius 3 is 2.36 bits per heavy atom. The molecule has 0 saturated carbocycles. The van der Waals surface area contributed by atoms with Crippen molar-refractivity contribution in [2.24, 2.45) is 0 Å². The molecule has 2 saturated heterocycles. The Bertz CT molecular complexity index is 744. The molecular formula is C20H29N3O5. The molecule has 8 nitrogen and oxygen atoms in total. The van der Waals surface area contributed by atoms with Gasteiger partial charge >= 0.3 is 5.97 Å². The van der Waals surface area contributed by atoms with E-state index in [9.17, 15) is 19.5 Å². The van der Waals surface area contributed by atoms with Crippen LogP contribution in [-0.4, -0.2) is 53.9 Å². The smallest absolute Gasteiger partial charge is 0.341 e. The Balaban J connectivity index is 0.000000336. The summed E-state index contributed by atoms with van der Waals surface area (Å²) in [6.07, 6.45) is 5.55. The summed E-state index contributed by atoms with van der Waals surface area (Å²) in [4.78, 5) is 38.3. The number of carboxylic acids is 1. The number of carbonyl (C=O) groups excluding carboxylic acids is 2. The second-order valence-electron chi connectivity index (χ2n) is 7.21. The van der Waals surface area contributed by atoms with Gasteiger partial charge in [0.1, 0.15) is 24.2 Å². The molecule has 0 radical (unpaired) electrons. The fraction of sp³-hybridized carbons (Fsp3) is 0.550. The minimum absolute atomic E-state index is 0.0350. The van der Waals surface area contributed by atoms with Crippen molar-refractivity contribution in [3.8, 4) is 5.75 Å². The predicted octanol–water partition coefficient (Wildman–Crippen LogP) is 1.79. The molecule has 0 spiro atoms. The first kappa shape index (κ1) is 21.8. The Hall–Kier alpha value is -2.45. The molecule has 154 valence electrons. The number of carboxylic acid groups (broad SMARTS) is 1. The molecule has 1 aromatic carbocycles. The van der Waals surface area contributed by atoms with Crippen LogP contribution in [0.4, 0.5) is 5.69 Å². The molecule has 0 bridgehead atoms. The van der Waals surface area contributed by atoms with E-state index in [-0.39, 0.29) is 29.1 Å². The molecule has 2 fully saturated rings. The first-order valence-corrected chi connectivity index (χ1v) is 9.52. The maximum atomic E-state index is 11.5. The van der Waals surface area contributed by atoms with Gasteiger partial charge in [-0.1, -0.05) is 0 Å². The lowest BCUT2D eigenvalue weighted by molar-refractivity contribution is -0.124. The van der Waals surface area contributed by atoms with Gasteiger partial charge in [-0.3, -0.25) is 0 Å². The van der Waals surface area contributed by atoms with Crippen LogP contribution in [0.2, 0.25) is 0 Å². The Morgan fingerprint density at radius 1 is 1.14 bits per heavy atom. The molecule has 0 aromatic heterocycles. The van der Waals surface area contributed by atoms with Crippen molar-refractivity contribution >= 4 is 24.2 Å². The minimum atomic E-state index is -1.13. The summed E-state index contributed by atoms with van der Waals surface area (Å²) in [6.45, 7) is 7.08. The molecule has 0 aliphatic carbocycles. The quantitative estimate of drug-likeness (QED) is 0.513. The van der Waals surface area contributed by atoms with E-state index in [2.05, 4.69) is 5.32 Å². The van der Waals surface area contributed by atoms with E-state index >= 15 is 0 Å². The molecule has 1 aromatic rings. The number of hydrogen-bond donors (Lipinski definition) is 3. The topological polar surface area (TPSA) is 122 Å². The number of hydrogen-bond acceptors (Lipinski definition) is 7. The van der Waals surface area contributed by atoms with E-state index in [1.165, 1.54) is 5.06 Å². The van der Waals surface area contributed by atoms with Crippen molar-refractivity contribution in [1.29, 1.82) is 0 Å². The number of benzene rings is 1. The lowest BCUT2D eigenvalue weighted by Gasteiger charge is -2.25. The normalized spacial score (nSPS) is 21.7. The van der Waals surface area contributed by atoms with Crippen LogP contribution in [-0.2, 0) is 9.59 Å². The zero-order valence-corrected chi connectivity index (χ0v) is 16.7. The number of nitrogens with two attached hydrogens (primary N) is 1. The summed E-state index contributed by atoms with van der Waals surface area (Å²) in [6, 6.07) is -0.172. The first-order chi connectivity index (χ1) is 13.3. The Morgan fingerprint density at radius 2 is 1.86 bits per heavy atom. The number of nitrogen functional groups attached to an aromatic ring is 1. The van der Waals surface area contributed by atoms with E-state index < -0.39 is 5.97 Å². The van der Waals surface area contributed by atoms with Crippen LogP contribution in [0.25, 0.3) is 0 Å². The van der Waals surface area contributed by atoms with Crippen LogP contribution in [0.5, 0.6) is 5.75 Å². The van der Waals surface area contributed by atoms with Crippen molar-refractivity contribution in [2.75, 3.05) is 18.8 Å². The number of carbonyl (C=O) groups is 3. The summed E-state index contributed by atoms with van der Waals surface area (Å²) < 4.78 is 0. The van der Waals surface area contributed by atoms with Crippen LogP contribution >= 0.6 is 0 Å². The molecular weight excluding hydrogens is 362 g/mol. The van der Waals surface area contributed by atoms with Gasteiger partial charge in [-0.15, -0.1) is 5.06 Å². The zero-order chi connectivity index (χ0) is 20.8. The summed E-state index contributed by atoms with van der Waals surface area (Å²) in [5.41, 5.74) is 8.49. The molecule has 4 N–H and O–H groups in total. The van der Waals surface area contributed by atoms with E-state index in [0.717, 1.165) is 55.1 Å². The van der Waals surface area contributed by atoms with Crippen molar-refractivity contribution in [3.63, 3.8) is 0 Å². The monoisotopic (exact) mass is 391 g/mol. The highest BCUT2D eigenvalue weighted by Gasteiger charge is 2.30. The SMILES string of the molecule is Cc1c(C)c(N)c(C(=O)O)c(ON2CCCC2C=O)c1C.O=CC1CCCN1. The van der Waals surface area contributed by atoms with Gasteiger partial charge in [0.05, 0.1) is 11.7 Å². The van der Waals surface area contributed by atoms with Gasteiger partial charge in [0.2, 0.25) is 0 Å². The molecule has 28 heavy (non-hydrogen) atoms. The third-order valence-electron chi connectivity index (χ3n) is 5.46. The average molecular weight is 391 g/mol. The van der Waals surface area contributed by atoms with E-state index in [1.807, 2.05) is 6.92 Å². The summed E-state index contributed by atoms with van der Waals surface area (Å²) in [5.74, 6) is -0.896. The highest BCUT2D eigenvalue weighted by Crippen LogP contribution is 2.36. The van der Waals surface area contributed by atoms with Gasteiger partial charge in [0, 0.05) is 6.54 Å².